The van der Waals surface area contributed by atoms with E-state index in [2.05, 4.69) is 44.4 Å². The van der Waals surface area contributed by atoms with E-state index in [0.29, 0.717) is 23.8 Å². The van der Waals surface area contributed by atoms with Gasteiger partial charge in [0, 0.05) is 22.2 Å². The number of fused-ring (bicyclic) bond motifs is 2. The van der Waals surface area contributed by atoms with Crippen molar-refractivity contribution >= 4 is 40.7 Å². The highest BCUT2D eigenvalue weighted by Crippen LogP contribution is 2.48. The summed E-state index contributed by atoms with van der Waals surface area (Å²) in [4.78, 5) is 25.4. The highest BCUT2D eigenvalue weighted by Gasteiger charge is 2.56. The van der Waals surface area contributed by atoms with Crippen molar-refractivity contribution in [2.75, 3.05) is 5.32 Å². The lowest BCUT2D eigenvalue weighted by molar-refractivity contribution is -0.129. The summed E-state index contributed by atoms with van der Waals surface area (Å²) in [5, 5.41) is 7.53. The second kappa shape index (κ2) is 10.8. The zero-order valence-electron chi connectivity index (χ0n) is 19.6. The van der Waals surface area contributed by atoms with Crippen LogP contribution in [0.2, 0.25) is 10.0 Å². The second-order valence-electron chi connectivity index (χ2n) is 9.40. The third-order valence-corrected chi connectivity index (χ3v) is 6.71. The maximum absolute atomic E-state index is 13.2. The zero-order chi connectivity index (χ0) is 24.2. The summed E-state index contributed by atoms with van der Waals surface area (Å²) < 4.78 is 0. The maximum Gasteiger partial charge on any atom is 0.237 e. The summed E-state index contributed by atoms with van der Waals surface area (Å²) in [6, 6.07) is 14.7. The molecule has 4 rings (SSSR count). The Morgan fingerprint density at radius 2 is 1.76 bits per heavy atom. The lowest BCUT2D eigenvalue weighted by atomic mass is 9.65. The molecule has 6 heteroatoms. The molecule has 0 saturated carbocycles. The molecule has 4 nitrogen and oxygen atoms in total. The first kappa shape index (κ1) is 25.3. The molecule has 1 spiro atoms. The van der Waals surface area contributed by atoms with E-state index in [-0.39, 0.29) is 23.8 Å². The van der Waals surface area contributed by atoms with Gasteiger partial charge in [-0.15, -0.1) is 0 Å². The number of rotatable bonds is 4. The number of hydrogen-bond donors (Lipinski definition) is 2. The van der Waals surface area contributed by atoms with Crippen LogP contribution in [0.5, 0.6) is 0 Å². The van der Waals surface area contributed by atoms with E-state index in [9.17, 15) is 9.59 Å². The van der Waals surface area contributed by atoms with Gasteiger partial charge >= 0.3 is 0 Å². The molecule has 0 aromatic heterocycles. The molecule has 2 aromatic carbocycles. The number of piperidine rings is 1. The first-order chi connectivity index (χ1) is 15.6. The number of anilines is 1. The van der Waals surface area contributed by atoms with Crippen LogP contribution in [-0.2, 0) is 15.0 Å². The monoisotopic (exact) mass is 486 g/mol. The van der Waals surface area contributed by atoms with Crippen LogP contribution in [0.25, 0.3) is 0 Å². The third-order valence-electron chi connectivity index (χ3n) is 6.22. The number of allylic oxidation sites excluding steroid dienone is 1. The number of benzene rings is 2. The van der Waals surface area contributed by atoms with Crippen molar-refractivity contribution in [1.29, 1.82) is 0 Å². The van der Waals surface area contributed by atoms with Crippen molar-refractivity contribution in [3.05, 3.63) is 75.8 Å². The molecule has 33 heavy (non-hydrogen) atoms. The van der Waals surface area contributed by atoms with Crippen molar-refractivity contribution in [3.63, 3.8) is 0 Å². The molecule has 1 fully saturated rings. The highest BCUT2D eigenvalue weighted by atomic mass is 35.5. The summed E-state index contributed by atoms with van der Waals surface area (Å²) >= 11 is 11.7. The summed E-state index contributed by atoms with van der Waals surface area (Å²) in [6.45, 7) is 8.58. The van der Waals surface area contributed by atoms with Crippen molar-refractivity contribution < 1.29 is 9.59 Å². The topological polar surface area (TPSA) is 58.2 Å². The van der Waals surface area contributed by atoms with Crippen molar-refractivity contribution in [2.45, 2.75) is 58.4 Å². The lowest BCUT2D eigenvalue weighted by Crippen LogP contribution is -2.59. The van der Waals surface area contributed by atoms with Gasteiger partial charge in [0.2, 0.25) is 11.8 Å². The highest BCUT2D eigenvalue weighted by molar-refractivity contribution is 6.31. The van der Waals surface area contributed by atoms with Crippen LogP contribution in [0.4, 0.5) is 5.69 Å². The second-order valence-corrected chi connectivity index (χ2v) is 10.3. The van der Waals surface area contributed by atoms with E-state index >= 15 is 0 Å². The van der Waals surface area contributed by atoms with Gasteiger partial charge in [0.1, 0.15) is 5.41 Å². The van der Waals surface area contributed by atoms with Crippen LogP contribution in [0.1, 0.15) is 52.5 Å². The molecule has 2 aromatic rings. The van der Waals surface area contributed by atoms with Gasteiger partial charge in [0.25, 0.3) is 0 Å². The van der Waals surface area contributed by atoms with Gasteiger partial charge < -0.3 is 10.6 Å². The molecule has 2 atom stereocenters. The number of amides is 2. The summed E-state index contributed by atoms with van der Waals surface area (Å²) in [5.74, 6) is 0.712. The van der Waals surface area contributed by atoms with Crippen molar-refractivity contribution in [1.82, 2.24) is 5.32 Å². The normalized spacial score (nSPS) is 22.1. The fourth-order valence-electron chi connectivity index (χ4n) is 4.55. The van der Waals surface area contributed by atoms with E-state index in [4.69, 9.17) is 23.2 Å². The molecule has 2 amide bonds. The molecule has 0 unspecified atom stereocenters. The van der Waals surface area contributed by atoms with Gasteiger partial charge in [-0.3, -0.25) is 9.59 Å². The predicted molar refractivity (Wildman–Crippen MR) is 137 cm³/mol. The van der Waals surface area contributed by atoms with Crippen molar-refractivity contribution in [2.24, 2.45) is 11.8 Å². The predicted octanol–water partition coefficient (Wildman–Crippen LogP) is 6.78. The van der Waals surface area contributed by atoms with Crippen molar-refractivity contribution in [3.8, 4) is 0 Å². The van der Waals surface area contributed by atoms with Gasteiger partial charge in [0.15, 0.2) is 0 Å². The standard InChI is InChI=1S/C21H27ClN2O2.C6H5Cl/c1-12(2)5-7-15(13(3)4)19-21(10-9-18(25)24-19)16-8-6-14(22)11-17(16)23-20(21)26;7-6-4-2-1-3-5-6/h6-8,11-13,19H,5,9-10H2,1-4H3,(H,23,26)(H,24,25);1-5H/b15-7-;/t19-,21-;/m1./s1. The first-order valence-electron chi connectivity index (χ1n) is 11.5. The van der Waals surface area contributed by atoms with E-state index in [1.807, 2.05) is 42.5 Å². The van der Waals surface area contributed by atoms with Gasteiger partial charge in [0.05, 0.1) is 6.04 Å². The molecule has 1 saturated heterocycles. The molecule has 2 heterocycles. The van der Waals surface area contributed by atoms with Crippen LogP contribution >= 0.6 is 23.2 Å². The SMILES string of the molecule is CC(C)C/C=C(/C(C)C)[C@H]1NC(=O)CC[C@]12C(=O)Nc1cc(Cl)ccc12.Clc1ccccc1. The number of carbonyl (C=O) groups excluding carboxylic acids is 2. The van der Waals surface area contributed by atoms with E-state index in [1.165, 1.54) is 0 Å². The minimum absolute atomic E-state index is 0.00642. The quantitative estimate of drug-likeness (QED) is 0.467. The molecule has 0 radical (unpaired) electrons. The smallest absolute Gasteiger partial charge is 0.237 e. The molecular formula is C27H32Cl2N2O2. The number of nitrogens with one attached hydrogen (secondary N) is 2. The minimum Gasteiger partial charge on any atom is -0.348 e. The van der Waals surface area contributed by atoms with Crippen LogP contribution in [0.15, 0.2) is 60.2 Å². The lowest BCUT2D eigenvalue weighted by Gasteiger charge is -2.42. The number of halogens is 2. The number of carbonyl (C=O) groups is 2. The van der Waals surface area contributed by atoms with Gasteiger partial charge in [-0.2, -0.15) is 0 Å². The van der Waals surface area contributed by atoms with Crippen LogP contribution < -0.4 is 10.6 Å². The average molecular weight is 487 g/mol. The number of hydrogen-bond acceptors (Lipinski definition) is 2. The largest absolute Gasteiger partial charge is 0.348 e. The Labute approximate surface area is 206 Å². The zero-order valence-corrected chi connectivity index (χ0v) is 21.1. The minimum atomic E-state index is -0.763. The summed E-state index contributed by atoms with van der Waals surface area (Å²) in [5.41, 5.74) is 2.06. The molecule has 2 aliphatic heterocycles. The Bertz CT molecular complexity index is 1030. The average Bonchev–Trinajstić information content (AvgIpc) is 3.02. The Kier molecular flexibility index (Phi) is 8.25. The fraction of sp³-hybridized carbons (Fsp3) is 0.407. The molecule has 2 N–H and O–H groups in total. The van der Waals surface area contributed by atoms with Crippen LogP contribution in [-0.4, -0.2) is 17.9 Å². The van der Waals surface area contributed by atoms with Crippen LogP contribution in [0, 0.1) is 11.8 Å². The van der Waals surface area contributed by atoms with E-state index in [0.717, 1.165) is 28.3 Å². The Morgan fingerprint density at radius 3 is 2.33 bits per heavy atom. The van der Waals surface area contributed by atoms with E-state index in [1.54, 1.807) is 6.07 Å². The summed E-state index contributed by atoms with van der Waals surface area (Å²) in [6.07, 6.45) is 4.00. The van der Waals surface area contributed by atoms with Gasteiger partial charge in [-0.05, 0) is 60.1 Å². The van der Waals surface area contributed by atoms with Gasteiger partial charge in [-0.1, -0.05) is 81.2 Å². The molecule has 0 aliphatic carbocycles. The first-order valence-corrected chi connectivity index (χ1v) is 12.2. The maximum atomic E-state index is 13.2. The third kappa shape index (κ3) is 5.62. The summed E-state index contributed by atoms with van der Waals surface area (Å²) in [7, 11) is 0. The molecule has 2 aliphatic rings. The molecule has 176 valence electrons. The van der Waals surface area contributed by atoms with E-state index < -0.39 is 5.41 Å². The van der Waals surface area contributed by atoms with Gasteiger partial charge in [-0.25, -0.2) is 0 Å². The molecular weight excluding hydrogens is 455 g/mol. The fourth-order valence-corrected chi connectivity index (χ4v) is 4.87. The van der Waals surface area contributed by atoms with Crippen LogP contribution in [0.3, 0.4) is 0 Å². The molecule has 0 bridgehead atoms. The Balaban J connectivity index is 0.000000374. The Hall–Kier alpha value is -2.30. The Morgan fingerprint density at radius 1 is 1.06 bits per heavy atom.